The summed E-state index contributed by atoms with van der Waals surface area (Å²) < 4.78 is 6.14. The van der Waals surface area contributed by atoms with Gasteiger partial charge in [-0.1, -0.05) is 72.8 Å². The Morgan fingerprint density at radius 1 is 0.875 bits per heavy atom. The van der Waals surface area contributed by atoms with Gasteiger partial charge in [0.1, 0.15) is 12.3 Å². The van der Waals surface area contributed by atoms with E-state index < -0.39 is 5.60 Å². The molecule has 1 atom stereocenters. The van der Waals surface area contributed by atoms with E-state index in [9.17, 15) is 14.4 Å². The molecule has 2 amide bonds. The maximum absolute atomic E-state index is 13.2. The van der Waals surface area contributed by atoms with Crippen LogP contribution in [0.4, 0.5) is 4.79 Å². The molecule has 160 valence electrons. The molecule has 0 bridgehead atoms. The summed E-state index contributed by atoms with van der Waals surface area (Å²) in [6, 6.07) is 25.6. The molecular weight excluding hydrogens is 404 g/mol. The fourth-order valence-corrected chi connectivity index (χ4v) is 4.73. The maximum Gasteiger partial charge on any atom is 0.411 e. The lowest BCUT2D eigenvalue weighted by atomic mass is 9.79. The van der Waals surface area contributed by atoms with Crippen LogP contribution in [0.5, 0.6) is 0 Å². The quantitative estimate of drug-likeness (QED) is 0.597. The number of ether oxygens (including phenoxy) is 1. The molecule has 2 aliphatic rings. The minimum atomic E-state index is -1.01. The lowest BCUT2D eigenvalue weighted by Gasteiger charge is -2.42. The van der Waals surface area contributed by atoms with Crippen LogP contribution in [0, 0.1) is 0 Å². The Bertz CT molecular complexity index is 1110. The van der Waals surface area contributed by atoms with E-state index >= 15 is 0 Å². The number of hydrogen-bond donors (Lipinski definition) is 0. The zero-order chi connectivity index (χ0) is 22.1. The van der Waals surface area contributed by atoms with E-state index in [2.05, 4.69) is 0 Å². The molecule has 2 aliphatic heterocycles. The van der Waals surface area contributed by atoms with Gasteiger partial charge in [0, 0.05) is 41.9 Å². The molecule has 5 rings (SSSR count). The molecule has 6 nitrogen and oxygen atoms in total. The summed E-state index contributed by atoms with van der Waals surface area (Å²) in [5, 5.41) is 0. The van der Waals surface area contributed by atoms with Gasteiger partial charge < -0.3 is 9.64 Å². The molecule has 32 heavy (non-hydrogen) atoms. The largest absolute Gasteiger partial charge is 0.431 e. The van der Waals surface area contributed by atoms with Gasteiger partial charge in [-0.25, -0.2) is 4.79 Å². The molecule has 2 fully saturated rings. The van der Waals surface area contributed by atoms with Crippen molar-refractivity contribution in [2.24, 2.45) is 0 Å². The first-order valence-electron chi connectivity index (χ1n) is 10.6. The summed E-state index contributed by atoms with van der Waals surface area (Å²) in [6.07, 6.45) is 0.382. The van der Waals surface area contributed by atoms with E-state index in [-0.39, 0.29) is 18.0 Å². The monoisotopic (exact) mass is 426 g/mol. The fraction of sp³-hybridized carbons (Fsp3) is 0.192. The number of carbonyl (C=O) groups is 3. The average molecular weight is 426 g/mol. The van der Waals surface area contributed by atoms with Crippen LogP contribution < -0.4 is 0 Å². The summed E-state index contributed by atoms with van der Waals surface area (Å²) in [7, 11) is 0. The lowest BCUT2D eigenvalue weighted by Crippen LogP contribution is -2.58. The number of rotatable bonds is 4. The van der Waals surface area contributed by atoms with Crippen molar-refractivity contribution in [1.82, 2.24) is 9.80 Å². The third-order valence-corrected chi connectivity index (χ3v) is 6.32. The van der Waals surface area contributed by atoms with Crippen molar-refractivity contribution in [2.45, 2.75) is 11.6 Å². The lowest BCUT2D eigenvalue weighted by molar-refractivity contribution is 0.0372. The number of hydrogen-bond acceptors (Lipinski definition) is 4. The van der Waals surface area contributed by atoms with Gasteiger partial charge in [0.2, 0.25) is 0 Å². The van der Waals surface area contributed by atoms with Crippen LogP contribution in [0.2, 0.25) is 0 Å². The Hall–Kier alpha value is -3.93. The number of carbonyl (C=O) groups excluding carboxylic acids is 3. The summed E-state index contributed by atoms with van der Waals surface area (Å²) in [6.45, 7) is 1.15. The van der Waals surface area contributed by atoms with Crippen molar-refractivity contribution in [2.75, 3.05) is 19.6 Å². The van der Waals surface area contributed by atoms with Crippen molar-refractivity contribution in [3.05, 3.63) is 107 Å². The molecule has 0 saturated carbocycles. The normalized spacial score (nSPS) is 19.2. The molecule has 0 aromatic heterocycles. The number of fused-ring (bicyclic) bond motifs is 1. The molecule has 6 heteroatoms. The first-order valence-corrected chi connectivity index (χ1v) is 10.6. The van der Waals surface area contributed by atoms with Gasteiger partial charge in [-0.05, 0) is 12.1 Å². The van der Waals surface area contributed by atoms with Gasteiger partial charge in [-0.2, -0.15) is 0 Å². The molecule has 0 aliphatic carbocycles. The number of amides is 2. The minimum Gasteiger partial charge on any atom is -0.431 e. The fourth-order valence-electron chi connectivity index (χ4n) is 4.73. The van der Waals surface area contributed by atoms with Gasteiger partial charge in [0.25, 0.3) is 5.91 Å². The molecule has 2 saturated heterocycles. The van der Waals surface area contributed by atoms with Crippen LogP contribution in [0.25, 0.3) is 0 Å². The van der Waals surface area contributed by atoms with E-state index in [1.165, 1.54) is 0 Å². The van der Waals surface area contributed by atoms with E-state index in [1.54, 1.807) is 34.1 Å². The topological polar surface area (TPSA) is 66.9 Å². The van der Waals surface area contributed by atoms with Crippen LogP contribution in [-0.4, -0.2) is 53.8 Å². The third kappa shape index (κ3) is 3.15. The number of benzene rings is 3. The number of nitrogens with zero attached hydrogens (tertiary/aromatic N) is 2. The predicted octanol–water partition coefficient (Wildman–Crippen LogP) is 3.72. The van der Waals surface area contributed by atoms with Crippen molar-refractivity contribution < 1.29 is 19.1 Å². The Morgan fingerprint density at radius 3 is 2.03 bits per heavy atom. The number of cyclic esters (lactones) is 1. The summed E-state index contributed by atoms with van der Waals surface area (Å²) in [5.74, 6) is -0.128. The number of aldehydes is 1. The Kier molecular flexibility index (Phi) is 4.98. The molecule has 3 aromatic rings. The number of piperazine rings is 1. The van der Waals surface area contributed by atoms with E-state index in [1.807, 2.05) is 60.7 Å². The van der Waals surface area contributed by atoms with Crippen LogP contribution in [0.3, 0.4) is 0 Å². The summed E-state index contributed by atoms with van der Waals surface area (Å²) >= 11 is 0. The second-order valence-corrected chi connectivity index (χ2v) is 8.04. The molecule has 2 heterocycles. The zero-order valence-electron chi connectivity index (χ0n) is 17.4. The third-order valence-electron chi connectivity index (χ3n) is 6.32. The minimum absolute atomic E-state index is 0.128. The smallest absolute Gasteiger partial charge is 0.411 e. The molecule has 0 spiro atoms. The van der Waals surface area contributed by atoms with Crippen molar-refractivity contribution in [1.29, 1.82) is 0 Å². The van der Waals surface area contributed by atoms with Gasteiger partial charge in [0.15, 0.2) is 5.60 Å². The van der Waals surface area contributed by atoms with E-state index in [4.69, 9.17) is 4.74 Å². The second-order valence-electron chi connectivity index (χ2n) is 8.04. The Labute approximate surface area is 186 Å². The second kappa shape index (κ2) is 7.96. The molecule has 1 unspecified atom stereocenters. The van der Waals surface area contributed by atoms with Gasteiger partial charge in [-0.3, -0.25) is 14.5 Å². The highest BCUT2D eigenvalue weighted by Crippen LogP contribution is 2.45. The summed E-state index contributed by atoms with van der Waals surface area (Å²) in [4.78, 5) is 40.6. The first kappa shape index (κ1) is 20.0. The van der Waals surface area contributed by atoms with E-state index in [0.29, 0.717) is 30.8 Å². The van der Waals surface area contributed by atoms with Crippen LogP contribution in [0.1, 0.15) is 31.8 Å². The highest BCUT2D eigenvalue weighted by atomic mass is 16.6. The highest BCUT2D eigenvalue weighted by molar-refractivity contribution is 5.95. The molecule has 0 N–H and O–H groups in total. The first-order chi connectivity index (χ1) is 15.6. The summed E-state index contributed by atoms with van der Waals surface area (Å²) in [5.41, 5.74) is 1.76. The Morgan fingerprint density at radius 2 is 1.47 bits per heavy atom. The van der Waals surface area contributed by atoms with Crippen molar-refractivity contribution in [3.63, 3.8) is 0 Å². The standard InChI is InChI=1S/C26H22N2O4/c29-18-19-11-13-20(14-12-19)24(30)27-15-16-28-23(17-27)26(32-25(28)31,21-7-3-1-4-8-21)22-9-5-2-6-10-22/h1-14,18,23H,15-17H2. The van der Waals surface area contributed by atoms with Gasteiger partial charge in [-0.15, -0.1) is 0 Å². The van der Waals surface area contributed by atoms with Crippen LogP contribution in [-0.2, 0) is 10.3 Å². The molecular formula is C26H22N2O4. The zero-order valence-corrected chi connectivity index (χ0v) is 17.4. The van der Waals surface area contributed by atoms with Gasteiger partial charge in [0.05, 0.1) is 0 Å². The highest BCUT2D eigenvalue weighted by Gasteiger charge is 2.58. The van der Waals surface area contributed by atoms with Crippen LogP contribution in [0.15, 0.2) is 84.9 Å². The maximum atomic E-state index is 13.2. The molecule has 3 aromatic carbocycles. The molecule has 0 radical (unpaired) electrons. The van der Waals surface area contributed by atoms with Crippen molar-refractivity contribution >= 4 is 18.3 Å². The van der Waals surface area contributed by atoms with E-state index in [0.717, 1.165) is 17.4 Å². The SMILES string of the molecule is O=Cc1ccc(C(=O)N2CCN3C(=O)OC(c4ccccc4)(c4ccccc4)C3C2)cc1. The predicted molar refractivity (Wildman–Crippen MR) is 118 cm³/mol. The Balaban J connectivity index is 1.54. The van der Waals surface area contributed by atoms with Gasteiger partial charge >= 0.3 is 6.09 Å². The average Bonchev–Trinajstić information content (AvgIpc) is 3.17. The van der Waals surface area contributed by atoms with Crippen LogP contribution >= 0.6 is 0 Å². The van der Waals surface area contributed by atoms with Crippen molar-refractivity contribution in [3.8, 4) is 0 Å².